The van der Waals surface area contributed by atoms with Crippen molar-refractivity contribution in [2.24, 2.45) is 7.05 Å². The number of nitrogens with one attached hydrogen (secondary N) is 3. The first-order valence-electron chi connectivity index (χ1n) is 11.4. The second-order valence-corrected chi connectivity index (χ2v) is 9.84. The Balaban J connectivity index is 1.69. The Bertz CT molecular complexity index is 1570. The molecule has 3 aromatic heterocycles. The maximum atomic E-state index is 14.8. The van der Waals surface area contributed by atoms with Crippen molar-refractivity contribution < 1.29 is 14.3 Å². The number of fused-ring (bicyclic) bond motifs is 1. The van der Waals surface area contributed by atoms with E-state index in [0.29, 0.717) is 22.4 Å². The van der Waals surface area contributed by atoms with E-state index in [1.54, 1.807) is 37.1 Å². The van der Waals surface area contributed by atoms with Crippen LogP contribution in [0.5, 0.6) is 0 Å². The summed E-state index contributed by atoms with van der Waals surface area (Å²) in [6.45, 7) is 5.35. The van der Waals surface area contributed by atoms with Gasteiger partial charge in [0.25, 0.3) is 5.56 Å². The molecule has 4 N–H and O–H groups in total. The molecule has 0 bridgehead atoms. The van der Waals surface area contributed by atoms with Gasteiger partial charge in [-0.25, -0.2) is 14.2 Å². The zero-order valence-corrected chi connectivity index (χ0v) is 21.7. The molecule has 0 atom stereocenters. The summed E-state index contributed by atoms with van der Waals surface area (Å²) < 4.78 is 17.8. The van der Waals surface area contributed by atoms with Crippen LogP contribution < -0.4 is 21.5 Å². The minimum absolute atomic E-state index is 0.00809. The number of aromatic nitrogens is 4. The van der Waals surface area contributed by atoms with E-state index in [2.05, 4.69) is 26.0 Å². The smallest absolute Gasteiger partial charge is 0.323 e. The third-order valence-electron chi connectivity index (χ3n) is 5.86. The van der Waals surface area contributed by atoms with E-state index in [1.807, 2.05) is 20.8 Å². The van der Waals surface area contributed by atoms with Gasteiger partial charge in [-0.1, -0.05) is 11.6 Å². The number of aliphatic hydroxyl groups is 1. The summed E-state index contributed by atoms with van der Waals surface area (Å²) in [6.07, 6.45) is 3.02. The maximum Gasteiger partial charge on any atom is 0.323 e. The van der Waals surface area contributed by atoms with Gasteiger partial charge >= 0.3 is 6.03 Å². The molecule has 0 aliphatic rings. The predicted octanol–water partition coefficient (Wildman–Crippen LogP) is 4.52. The van der Waals surface area contributed by atoms with E-state index in [9.17, 15) is 19.1 Å². The topological polar surface area (TPSA) is 126 Å². The molecule has 0 fully saturated rings. The number of amides is 2. The van der Waals surface area contributed by atoms with Gasteiger partial charge in [0.2, 0.25) is 0 Å². The van der Waals surface area contributed by atoms with Gasteiger partial charge in [-0.05, 0) is 39.0 Å². The number of urea groups is 1. The fourth-order valence-corrected chi connectivity index (χ4v) is 4.28. The zero-order chi connectivity index (χ0) is 27.1. The van der Waals surface area contributed by atoms with E-state index < -0.39 is 17.4 Å². The first kappa shape index (κ1) is 26.1. The van der Waals surface area contributed by atoms with Crippen molar-refractivity contribution >= 4 is 45.7 Å². The molecule has 3 heterocycles. The molecular formula is C25H27ClFN7O3. The minimum atomic E-state index is -0.783. The average Bonchev–Trinajstić information content (AvgIpc) is 3.26. The van der Waals surface area contributed by atoms with Crippen molar-refractivity contribution in [3.63, 3.8) is 0 Å². The lowest BCUT2D eigenvalue weighted by Crippen LogP contribution is -2.26. The minimum Gasteiger partial charge on any atom is -0.390 e. The average molecular weight is 528 g/mol. The zero-order valence-electron chi connectivity index (χ0n) is 21.0. The Labute approximate surface area is 217 Å². The fraction of sp³-hybridized carbons (Fsp3) is 0.280. The lowest BCUT2D eigenvalue weighted by atomic mass is 10.0. The van der Waals surface area contributed by atoms with Crippen LogP contribution in [-0.4, -0.2) is 37.5 Å². The van der Waals surface area contributed by atoms with Gasteiger partial charge in [0.1, 0.15) is 11.6 Å². The number of halogens is 2. The third-order valence-corrected chi connectivity index (χ3v) is 6.17. The molecule has 0 aliphatic carbocycles. The van der Waals surface area contributed by atoms with E-state index in [-0.39, 0.29) is 39.7 Å². The monoisotopic (exact) mass is 527 g/mol. The molecule has 4 rings (SSSR count). The molecule has 0 unspecified atom stereocenters. The van der Waals surface area contributed by atoms with E-state index in [0.717, 1.165) is 6.07 Å². The number of pyridine rings is 2. The van der Waals surface area contributed by atoms with Crippen molar-refractivity contribution in [2.45, 2.75) is 32.9 Å². The van der Waals surface area contributed by atoms with Crippen LogP contribution in [0.25, 0.3) is 22.0 Å². The molecule has 194 valence electrons. The first-order chi connectivity index (χ1) is 17.4. The molecule has 0 saturated heterocycles. The van der Waals surface area contributed by atoms with E-state index >= 15 is 0 Å². The molecule has 37 heavy (non-hydrogen) atoms. The molecule has 12 heteroatoms. The van der Waals surface area contributed by atoms with Gasteiger partial charge in [0, 0.05) is 42.9 Å². The molecule has 4 aromatic rings. The number of aryl methyl sites for hydroxylation is 1. The SMILES string of the molecule is CNc1cc2c(cn1)cc(-c1cc(NC(=O)Nc3cnn(C(C)(C)C)c3CO)c(F)cc1Cl)c(=O)n2C. The second kappa shape index (κ2) is 9.83. The van der Waals surface area contributed by atoms with Crippen LogP contribution in [0.3, 0.4) is 0 Å². The normalized spacial score (nSPS) is 11.6. The summed E-state index contributed by atoms with van der Waals surface area (Å²) in [7, 11) is 3.35. The van der Waals surface area contributed by atoms with Crippen LogP contribution in [-0.2, 0) is 19.2 Å². The molecule has 2 amide bonds. The molecular weight excluding hydrogens is 501 g/mol. The summed E-state index contributed by atoms with van der Waals surface area (Å²) in [5.41, 5.74) is 0.826. The number of anilines is 3. The van der Waals surface area contributed by atoms with Crippen molar-refractivity contribution in [3.8, 4) is 11.1 Å². The van der Waals surface area contributed by atoms with Gasteiger partial charge in [-0.3, -0.25) is 9.48 Å². The highest BCUT2D eigenvalue weighted by molar-refractivity contribution is 6.33. The highest BCUT2D eigenvalue weighted by atomic mass is 35.5. The number of carbonyl (C=O) groups excluding carboxylic acids is 1. The molecule has 0 radical (unpaired) electrons. The van der Waals surface area contributed by atoms with Gasteiger partial charge in [-0.15, -0.1) is 0 Å². The van der Waals surface area contributed by atoms with Gasteiger partial charge < -0.3 is 25.6 Å². The largest absolute Gasteiger partial charge is 0.390 e. The number of aliphatic hydroxyl groups excluding tert-OH is 1. The van der Waals surface area contributed by atoms with Crippen molar-refractivity contribution in [3.05, 3.63) is 63.5 Å². The molecule has 0 aliphatic heterocycles. The summed E-state index contributed by atoms with van der Waals surface area (Å²) in [5, 5.41) is 22.7. The number of rotatable bonds is 5. The summed E-state index contributed by atoms with van der Waals surface area (Å²) in [5.74, 6) is -0.181. The van der Waals surface area contributed by atoms with E-state index in [1.165, 1.54) is 16.8 Å². The first-order valence-corrected chi connectivity index (χ1v) is 11.8. The highest BCUT2D eigenvalue weighted by Gasteiger charge is 2.22. The number of nitrogens with zero attached hydrogens (tertiary/aromatic N) is 4. The Hall–Kier alpha value is -3.96. The molecule has 0 saturated carbocycles. The Morgan fingerprint density at radius 2 is 1.81 bits per heavy atom. The summed E-state index contributed by atoms with van der Waals surface area (Å²) in [4.78, 5) is 30.2. The van der Waals surface area contributed by atoms with Crippen LogP contribution in [0.15, 0.2) is 41.5 Å². The molecule has 0 spiro atoms. The number of benzene rings is 1. The van der Waals surface area contributed by atoms with Crippen LogP contribution in [0.4, 0.5) is 26.4 Å². The predicted molar refractivity (Wildman–Crippen MR) is 143 cm³/mol. The highest BCUT2D eigenvalue weighted by Crippen LogP contribution is 2.33. The lowest BCUT2D eigenvalue weighted by Gasteiger charge is -2.22. The van der Waals surface area contributed by atoms with Gasteiger partial charge in [0.15, 0.2) is 0 Å². The van der Waals surface area contributed by atoms with Gasteiger partial charge in [-0.2, -0.15) is 5.10 Å². The Kier molecular flexibility index (Phi) is 6.94. The number of hydrogen-bond acceptors (Lipinski definition) is 6. The van der Waals surface area contributed by atoms with Crippen molar-refractivity contribution in [1.82, 2.24) is 19.3 Å². The molecule has 1 aromatic carbocycles. The van der Waals surface area contributed by atoms with Crippen molar-refractivity contribution in [2.75, 3.05) is 23.0 Å². The van der Waals surface area contributed by atoms with Crippen molar-refractivity contribution in [1.29, 1.82) is 0 Å². The van der Waals surface area contributed by atoms with E-state index in [4.69, 9.17) is 11.6 Å². The number of hydrogen-bond donors (Lipinski definition) is 4. The second-order valence-electron chi connectivity index (χ2n) is 9.44. The van der Waals surface area contributed by atoms with Crippen LogP contribution in [0, 0.1) is 5.82 Å². The third kappa shape index (κ3) is 5.00. The lowest BCUT2D eigenvalue weighted by molar-refractivity contribution is 0.246. The van der Waals surface area contributed by atoms with Crippen LogP contribution in [0.2, 0.25) is 5.02 Å². The van der Waals surface area contributed by atoms with Crippen LogP contribution in [0.1, 0.15) is 26.5 Å². The standard InChI is InChI=1S/C25H27ClFN7O3/c1-25(2,3)34-21(12-35)19(11-30-34)32-24(37)31-18-7-14(16(26)8-17(18)27)15-6-13-10-29-22(28-4)9-20(13)33(5)23(15)36/h6-11,35H,12H2,1-5H3,(H,28,29)(H2,31,32,37). The number of carbonyl (C=O) groups is 1. The molecule has 10 nitrogen and oxygen atoms in total. The van der Waals surface area contributed by atoms with Gasteiger partial charge in [0.05, 0.1) is 46.0 Å². The Morgan fingerprint density at radius 1 is 1.11 bits per heavy atom. The quantitative estimate of drug-likeness (QED) is 0.302. The summed E-state index contributed by atoms with van der Waals surface area (Å²) in [6, 6.07) is 4.95. The maximum absolute atomic E-state index is 14.8. The van der Waals surface area contributed by atoms with Crippen LogP contribution >= 0.6 is 11.6 Å². The fourth-order valence-electron chi connectivity index (χ4n) is 4.03. The summed E-state index contributed by atoms with van der Waals surface area (Å²) >= 11 is 6.33. The Morgan fingerprint density at radius 3 is 2.46 bits per heavy atom.